The second-order valence-electron chi connectivity index (χ2n) is 3.76. The summed E-state index contributed by atoms with van der Waals surface area (Å²) < 4.78 is 24.8. The molecule has 0 saturated heterocycles. The van der Waals surface area contributed by atoms with Crippen molar-refractivity contribution in [1.29, 1.82) is 0 Å². The predicted molar refractivity (Wildman–Crippen MR) is 67.0 cm³/mol. The summed E-state index contributed by atoms with van der Waals surface area (Å²) in [4.78, 5) is 0. The molecule has 2 N–H and O–H groups in total. The van der Waals surface area contributed by atoms with Crippen molar-refractivity contribution >= 4 is 15.7 Å². The average Bonchev–Trinajstić information content (AvgIpc) is 2.19. The monoisotopic (exact) mass is 242 g/mol. The summed E-state index contributed by atoms with van der Waals surface area (Å²) in [6.45, 7) is 2.81. The van der Waals surface area contributed by atoms with Gasteiger partial charge in [-0.2, -0.15) is 0 Å². The van der Waals surface area contributed by atoms with E-state index in [4.69, 9.17) is 5.73 Å². The summed E-state index contributed by atoms with van der Waals surface area (Å²) in [7, 11) is -3.23. The van der Waals surface area contributed by atoms with E-state index in [1.807, 2.05) is 31.2 Å². The standard InChI is InChI=1S/C11H18N2O2S/c1-10-6-3-4-7-11(10)13(9-5-8-12)16(2,14)15/h3-4,6-7H,5,8-9,12H2,1-2H3. The fraction of sp³-hybridized carbons (Fsp3) is 0.455. The molecule has 0 bridgehead atoms. The van der Waals surface area contributed by atoms with Crippen molar-refractivity contribution in [3.05, 3.63) is 29.8 Å². The zero-order valence-electron chi connectivity index (χ0n) is 9.68. The van der Waals surface area contributed by atoms with E-state index in [0.717, 1.165) is 11.3 Å². The van der Waals surface area contributed by atoms with Gasteiger partial charge in [-0.15, -0.1) is 0 Å². The topological polar surface area (TPSA) is 63.4 Å². The van der Waals surface area contributed by atoms with Crippen LogP contribution in [0.4, 0.5) is 5.69 Å². The van der Waals surface area contributed by atoms with E-state index < -0.39 is 10.0 Å². The van der Waals surface area contributed by atoms with E-state index in [1.54, 1.807) is 0 Å². The first-order valence-electron chi connectivity index (χ1n) is 5.20. The molecule has 0 atom stereocenters. The lowest BCUT2D eigenvalue weighted by atomic mass is 10.2. The minimum Gasteiger partial charge on any atom is -0.330 e. The Morgan fingerprint density at radius 3 is 2.44 bits per heavy atom. The number of hydrogen-bond acceptors (Lipinski definition) is 3. The van der Waals surface area contributed by atoms with Crippen molar-refractivity contribution in [1.82, 2.24) is 0 Å². The summed E-state index contributed by atoms with van der Waals surface area (Å²) in [5, 5.41) is 0. The smallest absolute Gasteiger partial charge is 0.232 e. The number of aryl methyl sites for hydroxylation is 1. The van der Waals surface area contributed by atoms with Crippen LogP contribution < -0.4 is 10.0 Å². The summed E-state index contributed by atoms with van der Waals surface area (Å²) in [6.07, 6.45) is 1.87. The van der Waals surface area contributed by atoms with Crippen molar-refractivity contribution in [2.45, 2.75) is 13.3 Å². The van der Waals surface area contributed by atoms with Gasteiger partial charge in [0.05, 0.1) is 11.9 Å². The molecular formula is C11H18N2O2S. The van der Waals surface area contributed by atoms with E-state index in [0.29, 0.717) is 19.5 Å². The van der Waals surface area contributed by atoms with Gasteiger partial charge in [-0.25, -0.2) is 8.42 Å². The molecule has 0 aromatic heterocycles. The Kier molecular flexibility index (Phi) is 4.32. The number of anilines is 1. The summed E-state index contributed by atoms with van der Waals surface area (Å²) >= 11 is 0. The van der Waals surface area contributed by atoms with Gasteiger partial charge in [-0.05, 0) is 31.5 Å². The van der Waals surface area contributed by atoms with Crippen LogP contribution in [0.5, 0.6) is 0 Å². The zero-order valence-corrected chi connectivity index (χ0v) is 10.5. The van der Waals surface area contributed by atoms with Gasteiger partial charge in [0.15, 0.2) is 0 Å². The lowest BCUT2D eigenvalue weighted by Crippen LogP contribution is -2.32. The Bertz CT molecular complexity index is 443. The highest BCUT2D eigenvalue weighted by Gasteiger charge is 2.17. The summed E-state index contributed by atoms with van der Waals surface area (Å²) in [5.41, 5.74) is 7.10. The van der Waals surface area contributed by atoms with Crippen molar-refractivity contribution in [3.63, 3.8) is 0 Å². The van der Waals surface area contributed by atoms with E-state index in [-0.39, 0.29) is 0 Å². The maximum absolute atomic E-state index is 11.7. The second-order valence-corrected chi connectivity index (χ2v) is 5.67. The maximum atomic E-state index is 11.7. The molecule has 0 aliphatic carbocycles. The van der Waals surface area contributed by atoms with Crippen LogP contribution in [-0.4, -0.2) is 27.8 Å². The van der Waals surface area contributed by atoms with E-state index in [9.17, 15) is 8.42 Å². The Balaban J connectivity index is 3.07. The molecule has 0 unspecified atom stereocenters. The largest absolute Gasteiger partial charge is 0.330 e. The molecule has 4 nitrogen and oxygen atoms in total. The van der Waals surface area contributed by atoms with Crippen LogP contribution in [0.15, 0.2) is 24.3 Å². The highest BCUT2D eigenvalue weighted by molar-refractivity contribution is 7.92. The van der Waals surface area contributed by atoms with Gasteiger partial charge in [-0.1, -0.05) is 18.2 Å². The minimum absolute atomic E-state index is 0.431. The molecule has 90 valence electrons. The Hall–Kier alpha value is -1.07. The Labute approximate surface area is 97.1 Å². The molecule has 5 heteroatoms. The Morgan fingerprint density at radius 2 is 1.94 bits per heavy atom. The maximum Gasteiger partial charge on any atom is 0.232 e. The number of sulfonamides is 1. The van der Waals surface area contributed by atoms with Crippen LogP contribution in [-0.2, 0) is 10.0 Å². The number of benzene rings is 1. The Morgan fingerprint density at radius 1 is 1.31 bits per heavy atom. The van der Waals surface area contributed by atoms with Crippen LogP contribution in [0, 0.1) is 6.92 Å². The molecule has 0 spiro atoms. The molecule has 0 saturated carbocycles. The van der Waals surface area contributed by atoms with Crippen LogP contribution in [0.3, 0.4) is 0 Å². The molecule has 0 heterocycles. The number of hydrogen-bond donors (Lipinski definition) is 1. The quantitative estimate of drug-likeness (QED) is 0.841. The van der Waals surface area contributed by atoms with E-state index in [2.05, 4.69) is 0 Å². The molecule has 0 aliphatic rings. The first-order chi connectivity index (χ1) is 7.46. The number of nitrogens with zero attached hydrogens (tertiary/aromatic N) is 1. The third-order valence-corrected chi connectivity index (χ3v) is 3.53. The normalized spacial score (nSPS) is 11.4. The fourth-order valence-corrected chi connectivity index (χ4v) is 2.57. The minimum atomic E-state index is -3.23. The van der Waals surface area contributed by atoms with E-state index >= 15 is 0 Å². The highest BCUT2D eigenvalue weighted by atomic mass is 32.2. The van der Waals surface area contributed by atoms with Crippen LogP contribution >= 0.6 is 0 Å². The number of nitrogens with two attached hydrogens (primary N) is 1. The number of para-hydroxylation sites is 1. The van der Waals surface area contributed by atoms with Gasteiger partial charge in [0.25, 0.3) is 0 Å². The molecular weight excluding hydrogens is 224 g/mol. The van der Waals surface area contributed by atoms with Gasteiger partial charge in [-0.3, -0.25) is 4.31 Å². The third kappa shape index (κ3) is 3.21. The van der Waals surface area contributed by atoms with Gasteiger partial charge >= 0.3 is 0 Å². The van der Waals surface area contributed by atoms with Crippen LogP contribution in [0.1, 0.15) is 12.0 Å². The summed E-state index contributed by atoms with van der Waals surface area (Å²) in [6, 6.07) is 7.44. The third-order valence-electron chi connectivity index (χ3n) is 2.35. The molecule has 1 aromatic carbocycles. The molecule has 0 fully saturated rings. The SMILES string of the molecule is Cc1ccccc1N(CCCN)S(C)(=O)=O. The molecule has 0 radical (unpaired) electrons. The lowest BCUT2D eigenvalue weighted by Gasteiger charge is -2.23. The molecule has 16 heavy (non-hydrogen) atoms. The van der Waals surface area contributed by atoms with E-state index in [1.165, 1.54) is 10.6 Å². The first-order valence-corrected chi connectivity index (χ1v) is 7.05. The van der Waals surface area contributed by atoms with Crippen molar-refractivity contribution in [2.75, 3.05) is 23.7 Å². The average molecular weight is 242 g/mol. The van der Waals surface area contributed by atoms with Crippen molar-refractivity contribution < 1.29 is 8.42 Å². The molecule has 1 rings (SSSR count). The van der Waals surface area contributed by atoms with Crippen LogP contribution in [0.25, 0.3) is 0 Å². The predicted octanol–water partition coefficient (Wildman–Crippen LogP) is 1.11. The second kappa shape index (κ2) is 5.32. The molecule has 0 aliphatic heterocycles. The first kappa shape index (κ1) is 13.0. The van der Waals surface area contributed by atoms with Gasteiger partial charge in [0, 0.05) is 6.54 Å². The fourth-order valence-electron chi connectivity index (χ4n) is 1.54. The van der Waals surface area contributed by atoms with Gasteiger partial charge < -0.3 is 5.73 Å². The molecule has 0 amide bonds. The lowest BCUT2D eigenvalue weighted by molar-refractivity contribution is 0.595. The summed E-state index contributed by atoms with van der Waals surface area (Å²) in [5.74, 6) is 0. The molecule has 1 aromatic rings. The zero-order chi connectivity index (χ0) is 12.2. The van der Waals surface area contributed by atoms with Gasteiger partial charge in [0.2, 0.25) is 10.0 Å². The number of rotatable bonds is 5. The highest BCUT2D eigenvalue weighted by Crippen LogP contribution is 2.21. The van der Waals surface area contributed by atoms with Crippen LogP contribution in [0.2, 0.25) is 0 Å². The van der Waals surface area contributed by atoms with Crippen molar-refractivity contribution in [2.24, 2.45) is 5.73 Å². The van der Waals surface area contributed by atoms with Crippen molar-refractivity contribution in [3.8, 4) is 0 Å². The van der Waals surface area contributed by atoms with Gasteiger partial charge in [0.1, 0.15) is 0 Å².